The lowest BCUT2D eigenvalue weighted by atomic mass is 9.84. The molecule has 3 aliphatic heterocycles. The Kier molecular flexibility index (Phi) is 5.99. The van der Waals surface area contributed by atoms with Crippen molar-refractivity contribution in [2.24, 2.45) is 0 Å². The standard InChI is InChI=1S/C28H30FN3O4/c29-26-20-16-32(22-11-13-25(33)30-27(22)34)28(35)19(20)10-12-24(26)36-23-9-5-4-8-21(23)31-14-18(15-31)17-6-2-1-3-7-17/h1-3,6-7,10,12,18,21-23H,4-5,8-9,11,13-16H2,(H,30,33,34)/t21-,22+,23-/m1/s1. The van der Waals surface area contributed by atoms with E-state index in [9.17, 15) is 14.4 Å². The zero-order valence-corrected chi connectivity index (χ0v) is 20.1. The second-order valence-corrected chi connectivity index (χ2v) is 10.4. The molecule has 36 heavy (non-hydrogen) atoms. The number of benzene rings is 2. The summed E-state index contributed by atoms with van der Waals surface area (Å²) in [5.41, 5.74) is 1.89. The number of carbonyl (C=O) groups is 3. The maximum atomic E-state index is 15.6. The topological polar surface area (TPSA) is 79.0 Å². The first-order chi connectivity index (χ1) is 17.5. The van der Waals surface area contributed by atoms with Crippen molar-refractivity contribution in [1.29, 1.82) is 0 Å². The average Bonchev–Trinajstić information content (AvgIpc) is 3.18. The number of piperidine rings is 1. The molecule has 0 spiro atoms. The summed E-state index contributed by atoms with van der Waals surface area (Å²) in [5.74, 6) is -1.06. The van der Waals surface area contributed by atoms with Crippen molar-refractivity contribution >= 4 is 17.7 Å². The Morgan fingerprint density at radius 2 is 1.72 bits per heavy atom. The molecule has 8 heteroatoms. The molecule has 3 heterocycles. The summed E-state index contributed by atoms with van der Waals surface area (Å²) in [6.07, 6.45) is 4.39. The fourth-order valence-corrected chi connectivity index (χ4v) is 6.19. The van der Waals surface area contributed by atoms with Crippen molar-refractivity contribution in [3.05, 3.63) is 65.0 Å². The van der Waals surface area contributed by atoms with E-state index in [-0.39, 0.29) is 60.2 Å². The van der Waals surface area contributed by atoms with Gasteiger partial charge in [0.25, 0.3) is 5.91 Å². The van der Waals surface area contributed by atoms with Gasteiger partial charge in [0.05, 0.1) is 6.54 Å². The predicted octanol–water partition coefficient (Wildman–Crippen LogP) is 3.38. The Bertz CT molecular complexity index is 1200. The molecular weight excluding hydrogens is 461 g/mol. The van der Waals surface area contributed by atoms with Gasteiger partial charge in [0.15, 0.2) is 11.6 Å². The molecular formula is C28H30FN3O4. The molecule has 0 aromatic heterocycles. The van der Waals surface area contributed by atoms with Crippen LogP contribution in [0.5, 0.6) is 5.75 Å². The highest BCUT2D eigenvalue weighted by Gasteiger charge is 2.42. The summed E-state index contributed by atoms with van der Waals surface area (Å²) >= 11 is 0. The van der Waals surface area contributed by atoms with Crippen molar-refractivity contribution in [2.75, 3.05) is 13.1 Å². The van der Waals surface area contributed by atoms with Gasteiger partial charge in [-0.05, 0) is 43.4 Å². The van der Waals surface area contributed by atoms with Gasteiger partial charge in [-0.15, -0.1) is 0 Å². The van der Waals surface area contributed by atoms with Crippen LogP contribution in [-0.2, 0) is 16.1 Å². The minimum absolute atomic E-state index is 0.00243. The molecule has 0 unspecified atom stereocenters. The van der Waals surface area contributed by atoms with Gasteiger partial charge >= 0.3 is 0 Å². The fraction of sp³-hybridized carbons (Fsp3) is 0.464. The van der Waals surface area contributed by atoms with Crippen molar-refractivity contribution in [3.8, 4) is 5.75 Å². The van der Waals surface area contributed by atoms with Crippen LogP contribution in [0.1, 0.15) is 65.9 Å². The summed E-state index contributed by atoms with van der Waals surface area (Å²) in [5, 5.41) is 2.28. The first kappa shape index (κ1) is 23.2. The second-order valence-electron chi connectivity index (χ2n) is 10.4. The van der Waals surface area contributed by atoms with Gasteiger partial charge < -0.3 is 9.64 Å². The molecule has 0 radical (unpaired) electrons. The van der Waals surface area contributed by atoms with Crippen LogP contribution in [0.3, 0.4) is 0 Å². The third-order valence-corrected chi connectivity index (χ3v) is 8.21. The van der Waals surface area contributed by atoms with Crippen molar-refractivity contribution < 1.29 is 23.5 Å². The van der Waals surface area contributed by atoms with Gasteiger partial charge in [-0.1, -0.05) is 36.8 Å². The van der Waals surface area contributed by atoms with Crippen LogP contribution in [0.25, 0.3) is 0 Å². The summed E-state index contributed by atoms with van der Waals surface area (Å²) < 4.78 is 21.9. The number of hydrogen-bond acceptors (Lipinski definition) is 5. The number of rotatable bonds is 5. The third kappa shape index (κ3) is 4.07. The van der Waals surface area contributed by atoms with Crippen LogP contribution in [-0.4, -0.2) is 58.8 Å². The maximum absolute atomic E-state index is 15.6. The number of amides is 3. The van der Waals surface area contributed by atoms with Gasteiger partial charge in [-0.25, -0.2) is 4.39 Å². The Morgan fingerprint density at radius 3 is 2.50 bits per heavy atom. The Labute approximate surface area is 209 Å². The van der Waals surface area contributed by atoms with E-state index in [1.807, 2.05) is 6.07 Å². The lowest BCUT2D eigenvalue weighted by molar-refractivity contribution is -0.136. The number of fused-ring (bicyclic) bond motifs is 1. The van der Waals surface area contributed by atoms with E-state index in [1.54, 1.807) is 12.1 Å². The number of nitrogens with zero attached hydrogens (tertiary/aromatic N) is 2. The van der Waals surface area contributed by atoms with E-state index in [4.69, 9.17) is 4.74 Å². The molecule has 4 aliphatic rings. The largest absolute Gasteiger partial charge is 0.486 e. The molecule has 3 amide bonds. The second kappa shape index (κ2) is 9.32. The quantitative estimate of drug-likeness (QED) is 0.649. The number of imide groups is 1. The number of hydrogen-bond donors (Lipinski definition) is 1. The number of carbonyl (C=O) groups excluding carboxylic acids is 3. The SMILES string of the molecule is O=C1CC[C@H](N2Cc3c(ccc(O[C@@H]4CCCC[C@H]4N4CC(c5ccccc5)C4)c3F)C2=O)C(=O)N1. The Balaban J connectivity index is 1.16. The van der Waals surface area contributed by atoms with E-state index < -0.39 is 17.8 Å². The van der Waals surface area contributed by atoms with Gasteiger partial charge in [-0.2, -0.15) is 0 Å². The number of nitrogens with one attached hydrogen (secondary N) is 1. The highest BCUT2D eigenvalue weighted by atomic mass is 19.1. The monoisotopic (exact) mass is 491 g/mol. The first-order valence-electron chi connectivity index (χ1n) is 12.9. The number of ether oxygens (including phenoxy) is 1. The summed E-state index contributed by atoms with van der Waals surface area (Å²) in [6.45, 7) is 1.97. The van der Waals surface area contributed by atoms with Crippen LogP contribution in [0, 0.1) is 5.82 Å². The molecule has 2 saturated heterocycles. The predicted molar refractivity (Wildman–Crippen MR) is 130 cm³/mol. The maximum Gasteiger partial charge on any atom is 0.255 e. The summed E-state index contributed by atoms with van der Waals surface area (Å²) in [4.78, 5) is 40.6. The smallest absolute Gasteiger partial charge is 0.255 e. The fourth-order valence-electron chi connectivity index (χ4n) is 6.19. The Hall–Kier alpha value is -3.26. The van der Waals surface area contributed by atoms with E-state index in [2.05, 4.69) is 34.5 Å². The highest BCUT2D eigenvalue weighted by Crippen LogP contribution is 2.38. The zero-order chi connectivity index (χ0) is 24.8. The average molecular weight is 492 g/mol. The minimum Gasteiger partial charge on any atom is -0.486 e. The van der Waals surface area contributed by atoms with Crippen LogP contribution < -0.4 is 10.1 Å². The lowest BCUT2D eigenvalue weighted by Gasteiger charge is -2.48. The van der Waals surface area contributed by atoms with Gasteiger partial charge in [0.1, 0.15) is 12.1 Å². The lowest BCUT2D eigenvalue weighted by Crippen LogP contribution is -2.57. The molecule has 2 aromatic rings. The number of halogens is 1. The van der Waals surface area contributed by atoms with Crippen LogP contribution >= 0.6 is 0 Å². The molecule has 0 bridgehead atoms. The van der Waals surface area contributed by atoms with Crippen LogP contribution in [0.4, 0.5) is 4.39 Å². The van der Waals surface area contributed by atoms with E-state index >= 15 is 4.39 Å². The Morgan fingerprint density at radius 1 is 0.944 bits per heavy atom. The summed E-state index contributed by atoms with van der Waals surface area (Å²) in [6, 6.07) is 13.2. The molecule has 1 N–H and O–H groups in total. The molecule has 188 valence electrons. The van der Waals surface area contributed by atoms with Crippen LogP contribution in [0.15, 0.2) is 42.5 Å². The minimum atomic E-state index is -0.766. The van der Waals surface area contributed by atoms with E-state index in [0.717, 1.165) is 38.8 Å². The normalized spacial score (nSPS) is 27.0. The number of likely N-dealkylation sites (tertiary alicyclic amines) is 1. The van der Waals surface area contributed by atoms with Crippen LogP contribution in [0.2, 0.25) is 0 Å². The van der Waals surface area contributed by atoms with Crippen molar-refractivity contribution in [1.82, 2.24) is 15.1 Å². The molecule has 7 nitrogen and oxygen atoms in total. The zero-order valence-electron chi connectivity index (χ0n) is 20.1. The van der Waals surface area contributed by atoms with Crippen molar-refractivity contribution in [3.63, 3.8) is 0 Å². The molecule has 2 aromatic carbocycles. The molecule has 1 saturated carbocycles. The van der Waals surface area contributed by atoms with Gasteiger partial charge in [0.2, 0.25) is 11.8 Å². The van der Waals surface area contributed by atoms with Crippen molar-refractivity contribution in [2.45, 2.75) is 69.2 Å². The van der Waals surface area contributed by atoms with Gasteiger partial charge in [0, 0.05) is 42.6 Å². The molecule has 1 aliphatic carbocycles. The first-order valence-corrected chi connectivity index (χ1v) is 12.9. The van der Waals surface area contributed by atoms with Gasteiger partial charge in [-0.3, -0.25) is 24.6 Å². The highest BCUT2D eigenvalue weighted by molar-refractivity contribution is 6.05. The third-order valence-electron chi connectivity index (χ3n) is 8.21. The molecule has 3 fully saturated rings. The van der Waals surface area contributed by atoms with E-state index in [1.165, 1.54) is 10.5 Å². The molecule has 6 rings (SSSR count). The van der Waals surface area contributed by atoms with E-state index in [0.29, 0.717) is 5.92 Å². The summed E-state index contributed by atoms with van der Waals surface area (Å²) in [7, 11) is 0. The molecule has 3 atom stereocenters.